The fourth-order valence-corrected chi connectivity index (χ4v) is 2.93. The van der Waals surface area contributed by atoms with Gasteiger partial charge in [0.2, 0.25) is 0 Å². The Morgan fingerprint density at radius 2 is 1.60 bits per heavy atom. The smallest absolute Gasteiger partial charge is 0.307 e. The molecule has 0 spiro atoms. The van der Waals surface area contributed by atoms with Crippen LogP contribution in [0.15, 0.2) is 48.5 Å². The molecular formula is C17H16O3. The monoisotopic (exact) mass is 268 g/mol. The van der Waals surface area contributed by atoms with E-state index in [1.807, 2.05) is 55.5 Å². The molecule has 0 saturated carbocycles. The molecule has 3 nitrogen and oxygen atoms in total. The van der Waals surface area contributed by atoms with Gasteiger partial charge in [-0.3, -0.25) is 4.79 Å². The van der Waals surface area contributed by atoms with Crippen LogP contribution in [0.2, 0.25) is 0 Å². The quantitative estimate of drug-likeness (QED) is 0.914. The first-order valence-corrected chi connectivity index (χ1v) is 6.81. The van der Waals surface area contributed by atoms with E-state index in [2.05, 4.69) is 0 Å². The molecule has 0 saturated heterocycles. The molecule has 1 aliphatic rings. The van der Waals surface area contributed by atoms with Crippen LogP contribution < -0.4 is 4.74 Å². The van der Waals surface area contributed by atoms with Gasteiger partial charge in [-0.1, -0.05) is 43.3 Å². The van der Waals surface area contributed by atoms with Crippen LogP contribution in [0, 0.1) is 5.92 Å². The summed E-state index contributed by atoms with van der Waals surface area (Å²) < 4.78 is 5.89. The number of carbonyl (C=O) groups is 1. The van der Waals surface area contributed by atoms with Crippen LogP contribution in [0.5, 0.6) is 11.5 Å². The highest BCUT2D eigenvalue weighted by Crippen LogP contribution is 2.47. The van der Waals surface area contributed by atoms with E-state index >= 15 is 0 Å². The zero-order chi connectivity index (χ0) is 14.1. The Hall–Kier alpha value is -2.29. The lowest BCUT2D eigenvalue weighted by molar-refractivity contribution is -0.142. The van der Waals surface area contributed by atoms with Crippen molar-refractivity contribution < 1.29 is 14.6 Å². The van der Waals surface area contributed by atoms with Gasteiger partial charge in [-0.05, 0) is 18.6 Å². The number of rotatable bonds is 3. The lowest BCUT2D eigenvalue weighted by atomic mass is 9.77. The minimum absolute atomic E-state index is 0.154. The molecule has 2 aromatic carbocycles. The number of aliphatic carboxylic acids is 1. The summed E-state index contributed by atoms with van der Waals surface area (Å²) in [6.45, 7) is 1.92. The van der Waals surface area contributed by atoms with Crippen molar-refractivity contribution in [2.45, 2.75) is 19.3 Å². The summed E-state index contributed by atoms with van der Waals surface area (Å²) in [4.78, 5) is 11.6. The lowest BCUT2D eigenvalue weighted by Crippen LogP contribution is -2.25. The Labute approximate surface area is 117 Å². The molecule has 1 atom stereocenters. The van der Waals surface area contributed by atoms with Crippen molar-refractivity contribution in [3.8, 4) is 11.5 Å². The summed E-state index contributed by atoms with van der Waals surface area (Å²) in [5, 5.41) is 9.54. The second-order valence-electron chi connectivity index (χ2n) is 5.01. The predicted octanol–water partition coefficient (Wildman–Crippen LogP) is 4.04. The first kappa shape index (κ1) is 12.7. The van der Waals surface area contributed by atoms with E-state index in [9.17, 15) is 9.90 Å². The summed E-state index contributed by atoms with van der Waals surface area (Å²) >= 11 is 0. The van der Waals surface area contributed by atoms with Crippen LogP contribution in [0.4, 0.5) is 0 Å². The fourth-order valence-electron chi connectivity index (χ4n) is 2.93. The molecule has 0 aromatic heterocycles. The third kappa shape index (κ3) is 1.95. The summed E-state index contributed by atoms with van der Waals surface area (Å²) in [7, 11) is 0. The first-order valence-electron chi connectivity index (χ1n) is 6.81. The lowest BCUT2D eigenvalue weighted by Gasteiger charge is -2.31. The summed E-state index contributed by atoms with van der Waals surface area (Å²) in [6.07, 6.45) is 0.586. The molecule has 1 heterocycles. The van der Waals surface area contributed by atoms with Crippen molar-refractivity contribution in [2.75, 3.05) is 0 Å². The maximum Gasteiger partial charge on any atom is 0.307 e. The number of carboxylic acid groups (broad SMARTS) is 1. The number of carboxylic acids is 1. The van der Waals surface area contributed by atoms with Gasteiger partial charge in [-0.2, -0.15) is 0 Å². The molecule has 0 bridgehead atoms. The first-order chi connectivity index (χ1) is 9.72. The molecule has 2 aromatic rings. The van der Waals surface area contributed by atoms with Gasteiger partial charge >= 0.3 is 5.97 Å². The molecule has 0 aliphatic carbocycles. The molecule has 1 N–H and O–H groups in total. The van der Waals surface area contributed by atoms with Gasteiger partial charge in [0.15, 0.2) is 0 Å². The molecule has 102 valence electrons. The largest absolute Gasteiger partial charge is 0.481 e. The van der Waals surface area contributed by atoms with E-state index in [0.717, 1.165) is 22.6 Å². The molecule has 0 amide bonds. The highest BCUT2D eigenvalue weighted by Gasteiger charge is 2.35. The average molecular weight is 268 g/mol. The Balaban J connectivity index is 2.19. The number of benzene rings is 2. The van der Waals surface area contributed by atoms with E-state index in [4.69, 9.17) is 4.74 Å². The summed E-state index contributed by atoms with van der Waals surface area (Å²) in [5.74, 6) is 0.163. The molecule has 0 radical (unpaired) electrons. The van der Waals surface area contributed by atoms with E-state index in [-0.39, 0.29) is 5.92 Å². The highest BCUT2D eigenvalue weighted by atomic mass is 16.5. The molecule has 1 unspecified atom stereocenters. The number of hydrogen-bond acceptors (Lipinski definition) is 2. The molecule has 0 fully saturated rings. The molecule has 20 heavy (non-hydrogen) atoms. The molecule has 3 heteroatoms. The normalized spacial score (nSPS) is 14.8. The predicted molar refractivity (Wildman–Crippen MR) is 76.2 cm³/mol. The number of fused-ring (bicyclic) bond motifs is 2. The van der Waals surface area contributed by atoms with E-state index in [1.165, 1.54) is 0 Å². The zero-order valence-electron chi connectivity index (χ0n) is 11.2. The van der Waals surface area contributed by atoms with Crippen molar-refractivity contribution in [3.63, 3.8) is 0 Å². The van der Waals surface area contributed by atoms with Gasteiger partial charge in [-0.15, -0.1) is 0 Å². The molecule has 3 rings (SSSR count). The van der Waals surface area contributed by atoms with Crippen LogP contribution in [0.3, 0.4) is 0 Å². The van der Waals surface area contributed by atoms with Gasteiger partial charge in [-0.25, -0.2) is 0 Å². The third-order valence-corrected chi connectivity index (χ3v) is 3.89. The standard InChI is InChI=1S/C17H16O3/c1-2-11(17(18)19)16-12-7-3-5-9-14(12)20-15-10-6-4-8-13(15)16/h3-11,16H,2H2,1H3,(H,18,19). The van der Waals surface area contributed by atoms with E-state index < -0.39 is 11.9 Å². The topological polar surface area (TPSA) is 46.5 Å². The Morgan fingerprint density at radius 3 is 2.05 bits per heavy atom. The van der Waals surface area contributed by atoms with Crippen molar-refractivity contribution in [3.05, 3.63) is 59.7 Å². The van der Waals surface area contributed by atoms with Gasteiger partial charge in [0, 0.05) is 17.0 Å². The molecule has 1 aliphatic heterocycles. The second kappa shape index (κ2) is 5.00. The average Bonchev–Trinajstić information content (AvgIpc) is 2.47. The van der Waals surface area contributed by atoms with Gasteiger partial charge < -0.3 is 9.84 Å². The maximum absolute atomic E-state index is 11.6. The van der Waals surface area contributed by atoms with E-state index in [1.54, 1.807) is 0 Å². The van der Waals surface area contributed by atoms with Crippen LogP contribution in [-0.2, 0) is 4.79 Å². The van der Waals surface area contributed by atoms with Gasteiger partial charge in [0.1, 0.15) is 11.5 Å². The van der Waals surface area contributed by atoms with Crippen molar-refractivity contribution in [2.24, 2.45) is 5.92 Å². The van der Waals surface area contributed by atoms with E-state index in [0.29, 0.717) is 6.42 Å². The highest BCUT2D eigenvalue weighted by molar-refractivity contribution is 5.74. The van der Waals surface area contributed by atoms with Crippen LogP contribution in [-0.4, -0.2) is 11.1 Å². The molecular weight excluding hydrogens is 252 g/mol. The second-order valence-corrected chi connectivity index (χ2v) is 5.01. The number of hydrogen-bond donors (Lipinski definition) is 1. The Kier molecular flexibility index (Phi) is 3.18. The van der Waals surface area contributed by atoms with Gasteiger partial charge in [0.25, 0.3) is 0 Å². The summed E-state index contributed by atoms with van der Waals surface area (Å²) in [5.41, 5.74) is 1.92. The SMILES string of the molecule is CCC(C(=O)O)C1c2ccccc2Oc2ccccc21. The minimum atomic E-state index is -0.760. The Morgan fingerprint density at radius 1 is 1.10 bits per heavy atom. The van der Waals surface area contributed by atoms with Crippen molar-refractivity contribution in [1.29, 1.82) is 0 Å². The van der Waals surface area contributed by atoms with Crippen LogP contribution in [0.25, 0.3) is 0 Å². The van der Waals surface area contributed by atoms with Crippen molar-refractivity contribution in [1.82, 2.24) is 0 Å². The third-order valence-electron chi connectivity index (χ3n) is 3.89. The summed E-state index contributed by atoms with van der Waals surface area (Å²) in [6, 6.07) is 15.4. The minimum Gasteiger partial charge on any atom is -0.481 e. The zero-order valence-corrected chi connectivity index (χ0v) is 11.2. The number of para-hydroxylation sites is 2. The van der Waals surface area contributed by atoms with Crippen molar-refractivity contribution >= 4 is 5.97 Å². The van der Waals surface area contributed by atoms with Crippen LogP contribution in [0.1, 0.15) is 30.4 Å². The number of ether oxygens (including phenoxy) is 1. The van der Waals surface area contributed by atoms with Gasteiger partial charge in [0.05, 0.1) is 5.92 Å². The fraction of sp³-hybridized carbons (Fsp3) is 0.235. The van der Waals surface area contributed by atoms with Crippen LogP contribution >= 0.6 is 0 Å². The maximum atomic E-state index is 11.6. The Bertz CT molecular complexity index is 603.